The largest absolute Gasteiger partial charge is 0.356 e. The van der Waals surface area contributed by atoms with Gasteiger partial charge in [0.15, 0.2) is 5.96 Å². The summed E-state index contributed by atoms with van der Waals surface area (Å²) < 4.78 is 0. The third-order valence-corrected chi connectivity index (χ3v) is 4.83. The van der Waals surface area contributed by atoms with Gasteiger partial charge in [-0.1, -0.05) is 47.5 Å². The van der Waals surface area contributed by atoms with Crippen LogP contribution >= 0.6 is 0 Å². The van der Waals surface area contributed by atoms with Gasteiger partial charge in [0.25, 0.3) is 0 Å². The molecule has 1 heterocycles. The van der Waals surface area contributed by atoms with E-state index in [-0.39, 0.29) is 11.8 Å². The Morgan fingerprint density at radius 2 is 1.89 bits per heavy atom. The molecule has 0 bridgehead atoms. The molecular formula is C22H28N4O. The number of nitrogens with one attached hydrogen (secondary N) is 3. The second-order valence-corrected chi connectivity index (χ2v) is 7.16. The van der Waals surface area contributed by atoms with Crippen molar-refractivity contribution in [3.8, 4) is 0 Å². The number of carbonyl (C=O) groups is 1. The van der Waals surface area contributed by atoms with Crippen LogP contribution in [0.2, 0.25) is 0 Å². The number of carbonyl (C=O) groups excluding carboxylic acids is 1. The fourth-order valence-corrected chi connectivity index (χ4v) is 3.66. The van der Waals surface area contributed by atoms with Gasteiger partial charge in [-0.05, 0) is 37.5 Å². The van der Waals surface area contributed by atoms with Crippen LogP contribution < -0.4 is 16.0 Å². The summed E-state index contributed by atoms with van der Waals surface area (Å²) in [4.78, 5) is 16.3. The van der Waals surface area contributed by atoms with Crippen molar-refractivity contribution < 1.29 is 4.79 Å². The van der Waals surface area contributed by atoms with Crippen molar-refractivity contribution in [2.75, 3.05) is 25.5 Å². The molecule has 3 rings (SSSR count). The summed E-state index contributed by atoms with van der Waals surface area (Å²) >= 11 is 0. The lowest BCUT2D eigenvalue weighted by Crippen LogP contribution is -2.41. The minimum absolute atomic E-state index is 0.0678. The average molecular weight is 364 g/mol. The maximum atomic E-state index is 11.9. The molecule has 1 aliphatic heterocycles. The number of hydrogen-bond donors (Lipinski definition) is 3. The van der Waals surface area contributed by atoms with Gasteiger partial charge in [-0.3, -0.25) is 9.79 Å². The van der Waals surface area contributed by atoms with Crippen LogP contribution in [0.25, 0.3) is 0 Å². The van der Waals surface area contributed by atoms with Gasteiger partial charge >= 0.3 is 0 Å². The van der Waals surface area contributed by atoms with Gasteiger partial charge in [0.1, 0.15) is 0 Å². The molecule has 0 aromatic heterocycles. The number of guanidine groups is 1. The SMILES string of the molecule is CN=C(NCCc1cc(C)cc(C)c1)NCC1CC(=O)Nc2ccccc21. The highest BCUT2D eigenvalue weighted by Gasteiger charge is 2.24. The van der Waals surface area contributed by atoms with Crippen LogP contribution in [-0.2, 0) is 11.2 Å². The summed E-state index contributed by atoms with van der Waals surface area (Å²) in [7, 11) is 1.77. The van der Waals surface area contributed by atoms with Gasteiger partial charge in [-0.2, -0.15) is 0 Å². The van der Waals surface area contributed by atoms with E-state index in [1.54, 1.807) is 7.05 Å². The fourth-order valence-electron chi connectivity index (χ4n) is 3.66. The van der Waals surface area contributed by atoms with Gasteiger partial charge in [-0.25, -0.2) is 0 Å². The van der Waals surface area contributed by atoms with Crippen LogP contribution in [0.3, 0.4) is 0 Å². The van der Waals surface area contributed by atoms with E-state index >= 15 is 0 Å². The summed E-state index contributed by atoms with van der Waals surface area (Å²) in [5.41, 5.74) is 6.01. The number of nitrogens with zero attached hydrogens (tertiary/aromatic N) is 1. The first-order chi connectivity index (χ1) is 13.0. The number of aliphatic imine (C=N–C) groups is 1. The Morgan fingerprint density at radius 3 is 2.63 bits per heavy atom. The van der Waals surface area contributed by atoms with E-state index in [0.717, 1.165) is 24.6 Å². The number of aryl methyl sites for hydroxylation is 2. The number of hydrogen-bond acceptors (Lipinski definition) is 2. The third-order valence-electron chi connectivity index (χ3n) is 4.83. The van der Waals surface area contributed by atoms with Crippen molar-refractivity contribution in [1.29, 1.82) is 0 Å². The molecule has 1 atom stereocenters. The Hall–Kier alpha value is -2.82. The molecule has 5 heteroatoms. The molecular weight excluding hydrogens is 336 g/mol. The number of fused-ring (bicyclic) bond motifs is 1. The Balaban J connectivity index is 1.53. The van der Waals surface area contributed by atoms with Gasteiger partial charge in [0, 0.05) is 38.2 Å². The first kappa shape index (κ1) is 19.0. The normalized spacial score (nSPS) is 16.5. The van der Waals surface area contributed by atoms with Crippen LogP contribution in [-0.4, -0.2) is 32.0 Å². The fraction of sp³-hybridized carbons (Fsp3) is 0.364. The molecule has 0 spiro atoms. The molecule has 1 aliphatic rings. The van der Waals surface area contributed by atoms with E-state index in [9.17, 15) is 4.79 Å². The third kappa shape index (κ3) is 5.09. The van der Waals surface area contributed by atoms with E-state index in [0.29, 0.717) is 13.0 Å². The van der Waals surface area contributed by atoms with E-state index in [1.165, 1.54) is 22.3 Å². The van der Waals surface area contributed by atoms with E-state index < -0.39 is 0 Å². The molecule has 0 fully saturated rings. The average Bonchev–Trinajstić information content (AvgIpc) is 2.63. The zero-order chi connectivity index (χ0) is 19.2. The van der Waals surface area contributed by atoms with Gasteiger partial charge in [-0.15, -0.1) is 0 Å². The smallest absolute Gasteiger partial charge is 0.225 e. The number of rotatable bonds is 5. The summed E-state index contributed by atoms with van der Waals surface area (Å²) in [5.74, 6) is 0.981. The number of amides is 1. The second kappa shape index (κ2) is 8.71. The van der Waals surface area contributed by atoms with Gasteiger partial charge < -0.3 is 16.0 Å². The zero-order valence-electron chi connectivity index (χ0n) is 16.3. The molecule has 1 amide bonds. The number of benzene rings is 2. The maximum absolute atomic E-state index is 11.9. The van der Waals surface area contributed by atoms with E-state index in [1.807, 2.05) is 18.2 Å². The molecule has 142 valence electrons. The molecule has 1 unspecified atom stereocenters. The zero-order valence-corrected chi connectivity index (χ0v) is 16.3. The van der Waals surface area contributed by atoms with Gasteiger partial charge in [0.05, 0.1) is 0 Å². The molecule has 0 saturated heterocycles. The lowest BCUT2D eigenvalue weighted by atomic mass is 9.90. The Labute approximate surface area is 161 Å². The van der Waals surface area contributed by atoms with Crippen molar-refractivity contribution in [3.05, 3.63) is 64.7 Å². The van der Waals surface area contributed by atoms with E-state index in [4.69, 9.17) is 0 Å². The Kier molecular flexibility index (Phi) is 6.12. The van der Waals surface area contributed by atoms with Gasteiger partial charge in [0.2, 0.25) is 5.91 Å². The van der Waals surface area contributed by atoms with Crippen molar-refractivity contribution in [1.82, 2.24) is 10.6 Å². The molecule has 27 heavy (non-hydrogen) atoms. The molecule has 0 radical (unpaired) electrons. The molecule has 2 aromatic rings. The first-order valence-electron chi connectivity index (χ1n) is 9.45. The molecule has 0 aliphatic carbocycles. The van der Waals surface area contributed by atoms with Crippen molar-refractivity contribution in [3.63, 3.8) is 0 Å². The van der Waals surface area contributed by atoms with Crippen LogP contribution in [0.4, 0.5) is 5.69 Å². The highest BCUT2D eigenvalue weighted by atomic mass is 16.1. The predicted octanol–water partition coefficient (Wildman–Crippen LogP) is 3.14. The summed E-state index contributed by atoms with van der Waals surface area (Å²) in [6.07, 6.45) is 1.43. The highest BCUT2D eigenvalue weighted by molar-refractivity contribution is 5.94. The molecule has 0 saturated carbocycles. The van der Waals surface area contributed by atoms with Crippen LogP contribution in [0, 0.1) is 13.8 Å². The monoisotopic (exact) mass is 364 g/mol. The molecule has 2 aromatic carbocycles. The van der Waals surface area contributed by atoms with Crippen molar-refractivity contribution >= 4 is 17.6 Å². The maximum Gasteiger partial charge on any atom is 0.225 e. The quantitative estimate of drug-likeness (QED) is 0.564. The number of anilines is 1. The van der Waals surface area contributed by atoms with Crippen molar-refractivity contribution in [2.45, 2.75) is 32.6 Å². The second-order valence-electron chi connectivity index (χ2n) is 7.16. The molecule has 3 N–H and O–H groups in total. The summed E-state index contributed by atoms with van der Waals surface area (Å²) in [6, 6.07) is 14.6. The predicted molar refractivity (Wildman–Crippen MR) is 111 cm³/mol. The lowest BCUT2D eigenvalue weighted by Gasteiger charge is -2.26. The highest BCUT2D eigenvalue weighted by Crippen LogP contribution is 2.31. The minimum Gasteiger partial charge on any atom is -0.356 e. The van der Waals surface area contributed by atoms with Crippen LogP contribution in [0.5, 0.6) is 0 Å². The Morgan fingerprint density at radius 1 is 1.15 bits per heavy atom. The summed E-state index contributed by atoms with van der Waals surface area (Å²) in [5, 5.41) is 9.68. The summed E-state index contributed by atoms with van der Waals surface area (Å²) in [6.45, 7) is 5.74. The number of para-hydroxylation sites is 1. The standard InChI is InChI=1S/C22H28N4O/c1-15-10-16(2)12-17(11-15)8-9-24-22(23-3)25-14-18-13-21(27)26-20-7-5-4-6-19(18)20/h4-7,10-12,18H,8-9,13-14H2,1-3H3,(H,26,27)(H2,23,24,25). The Bertz CT molecular complexity index is 824. The first-order valence-corrected chi connectivity index (χ1v) is 9.45. The van der Waals surface area contributed by atoms with Crippen LogP contribution in [0.15, 0.2) is 47.5 Å². The minimum atomic E-state index is 0.0678. The lowest BCUT2D eigenvalue weighted by molar-refractivity contribution is -0.116. The van der Waals surface area contributed by atoms with Crippen LogP contribution in [0.1, 0.15) is 34.6 Å². The van der Waals surface area contributed by atoms with E-state index in [2.05, 4.69) is 59.1 Å². The topological polar surface area (TPSA) is 65.5 Å². The molecule has 5 nitrogen and oxygen atoms in total. The van der Waals surface area contributed by atoms with Crippen molar-refractivity contribution in [2.24, 2.45) is 4.99 Å².